The number of carboxylic acids is 1. The molecule has 0 heterocycles. The molecule has 0 aromatic heterocycles. The van der Waals surface area contributed by atoms with E-state index in [1.807, 2.05) is 37.2 Å². The lowest BCUT2D eigenvalue weighted by Gasteiger charge is -2.12. The van der Waals surface area contributed by atoms with Crippen molar-refractivity contribution in [3.63, 3.8) is 0 Å². The second kappa shape index (κ2) is 7.18. The van der Waals surface area contributed by atoms with Crippen molar-refractivity contribution in [1.82, 2.24) is 4.90 Å². The Balaban J connectivity index is 2.65. The summed E-state index contributed by atoms with van der Waals surface area (Å²) in [5.41, 5.74) is 0.809. The third-order valence-electron chi connectivity index (χ3n) is 2.17. The lowest BCUT2D eigenvalue weighted by atomic mass is 10.2. The summed E-state index contributed by atoms with van der Waals surface area (Å²) in [4.78, 5) is 12.4. The average molecular weight is 314 g/mol. The molecule has 0 aliphatic rings. The van der Waals surface area contributed by atoms with E-state index < -0.39 is 5.97 Å². The maximum Gasteiger partial charge on any atom is 0.328 e. The smallest absolute Gasteiger partial charge is 0.328 e. The van der Waals surface area contributed by atoms with Gasteiger partial charge in [-0.3, -0.25) is 0 Å². The Morgan fingerprint density at radius 2 is 2.22 bits per heavy atom. The third kappa shape index (κ3) is 5.33. The topological polar surface area (TPSA) is 49.8 Å². The fourth-order valence-corrected chi connectivity index (χ4v) is 1.75. The Kier molecular flexibility index (Phi) is 5.88. The van der Waals surface area contributed by atoms with E-state index >= 15 is 0 Å². The molecule has 0 unspecified atom stereocenters. The highest BCUT2D eigenvalue weighted by Gasteiger charge is 2.02. The van der Waals surface area contributed by atoms with Gasteiger partial charge in [-0.25, -0.2) is 4.79 Å². The minimum absolute atomic E-state index is 0.607. The zero-order chi connectivity index (χ0) is 13.5. The molecule has 5 heteroatoms. The second-order valence-electron chi connectivity index (χ2n) is 4.01. The zero-order valence-corrected chi connectivity index (χ0v) is 12.0. The highest BCUT2D eigenvalue weighted by Crippen LogP contribution is 2.26. The van der Waals surface area contributed by atoms with Gasteiger partial charge < -0.3 is 14.7 Å². The SMILES string of the molecule is CN(C)CCOc1ccc(C=CC(=O)O)cc1Br. The number of ether oxygens (including phenoxy) is 1. The van der Waals surface area contributed by atoms with E-state index in [4.69, 9.17) is 9.84 Å². The molecule has 0 bridgehead atoms. The Morgan fingerprint density at radius 3 is 2.78 bits per heavy atom. The van der Waals surface area contributed by atoms with E-state index in [0.29, 0.717) is 6.61 Å². The number of halogens is 1. The van der Waals surface area contributed by atoms with Crippen LogP contribution in [0.1, 0.15) is 5.56 Å². The van der Waals surface area contributed by atoms with Gasteiger partial charge in [0.05, 0.1) is 4.47 Å². The largest absolute Gasteiger partial charge is 0.491 e. The number of carboxylic acid groups (broad SMARTS) is 1. The molecule has 4 nitrogen and oxygen atoms in total. The highest BCUT2D eigenvalue weighted by atomic mass is 79.9. The predicted octanol–water partition coefficient (Wildman–Crippen LogP) is 2.49. The van der Waals surface area contributed by atoms with Crippen molar-refractivity contribution in [2.75, 3.05) is 27.2 Å². The van der Waals surface area contributed by atoms with Gasteiger partial charge in [-0.1, -0.05) is 6.07 Å². The molecule has 0 saturated carbocycles. The Hall–Kier alpha value is -1.33. The first-order chi connectivity index (χ1) is 8.49. The molecule has 98 valence electrons. The van der Waals surface area contributed by atoms with E-state index in [9.17, 15) is 4.79 Å². The van der Waals surface area contributed by atoms with Crippen molar-refractivity contribution >= 4 is 28.0 Å². The highest BCUT2D eigenvalue weighted by molar-refractivity contribution is 9.10. The molecule has 0 aliphatic heterocycles. The van der Waals surface area contributed by atoms with Gasteiger partial charge in [0.1, 0.15) is 12.4 Å². The van der Waals surface area contributed by atoms with Crippen molar-refractivity contribution in [2.24, 2.45) is 0 Å². The molecule has 1 aromatic carbocycles. The second-order valence-corrected chi connectivity index (χ2v) is 4.87. The van der Waals surface area contributed by atoms with Crippen LogP contribution in [-0.2, 0) is 4.79 Å². The Morgan fingerprint density at radius 1 is 1.50 bits per heavy atom. The van der Waals surface area contributed by atoms with Crippen LogP contribution in [0.3, 0.4) is 0 Å². The molecule has 1 rings (SSSR count). The molecule has 0 saturated heterocycles. The first-order valence-electron chi connectivity index (χ1n) is 5.47. The molecule has 1 N–H and O–H groups in total. The fourth-order valence-electron chi connectivity index (χ4n) is 1.24. The van der Waals surface area contributed by atoms with E-state index in [1.54, 1.807) is 0 Å². The summed E-state index contributed by atoms with van der Waals surface area (Å²) in [6, 6.07) is 5.46. The number of nitrogens with zero attached hydrogens (tertiary/aromatic N) is 1. The first-order valence-corrected chi connectivity index (χ1v) is 6.26. The van der Waals surface area contributed by atoms with Gasteiger partial charge in [-0.2, -0.15) is 0 Å². The van der Waals surface area contributed by atoms with Gasteiger partial charge in [0, 0.05) is 12.6 Å². The van der Waals surface area contributed by atoms with Crippen molar-refractivity contribution in [3.8, 4) is 5.75 Å². The molecular weight excluding hydrogens is 298 g/mol. The fraction of sp³-hybridized carbons (Fsp3) is 0.308. The lowest BCUT2D eigenvalue weighted by molar-refractivity contribution is -0.131. The van der Waals surface area contributed by atoms with Gasteiger partial charge in [0.25, 0.3) is 0 Å². The molecule has 0 fully saturated rings. The van der Waals surface area contributed by atoms with Crippen LogP contribution >= 0.6 is 15.9 Å². The molecule has 0 atom stereocenters. The number of benzene rings is 1. The summed E-state index contributed by atoms with van der Waals surface area (Å²) in [5.74, 6) is -0.207. The maximum atomic E-state index is 10.4. The van der Waals surface area contributed by atoms with Gasteiger partial charge in [-0.05, 0) is 53.8 Å². The number of hydrogen-bond donors (Lipinski definition) is 1. The van der Waals surface area contributed by atoms with Crippen LogP contribution in [0.25, 0.3) is 6.08 Å². The van der Waals surface area contributed by atoms with E-state index in [1.165, 1.54) is 6.08 Å². The van der Waals surface area contributed by atoms with E-state index in [-0.39, 0.29) is 0 Å². The molecule has 0 spiro atoms. The quantitative estimate of drug-likeness (QED) is 0.820. The van der Waals surface area contributed by atoms with Crippen LogP contribution in [0.2, 0.25) is 0 Å². The summed E-state index contributed by atoms with van der Waals surface area (Å²) in [5, 5.41) is 8.54. The predicted molar refractivity (Wildman–Crippen MR) is 74.9 cm³/mol. The van der Waals surface area contributed by atoms with Gasteiger partial charge in [-0.15, -0.1) is 0 Å². The van der Waals surface area contributed by atoms with Crippen LogP contribution in [0.5, 0.6) is 5.75 Å². The molecule has 0 radical (unpaired) electrons. The van der Waals surface area contributed by atoms with Crippen molar-refractivity contribution in [3.05, 3.63) is 34.3 Å². The van der Waals surface area contributed by atoms with Crippen LogP contribution in [0.15, 0.2) is 28.7 Å². The number of likely N-dealkylation sites (N-methyl/N-ethyl adjacent to an activating group) is 1. The van der Waals surface area contributed by atoms with Crippen LogP contribution in [-0.4, -0.2) is 43.2 Å². The summed E-state index contributed by atoms with van der Waals surface area (Å²) in [7, 11) is 3.97. The molecular formula is C13H16BrNO3. The van der Waals surface area contributed by atoms with E-state index in [2.05, 4.69) is 15.9 Å². The summed E-state index contributed by atoms with van der Waals surface area (Å²) >= 11 is 3.40. The number of hydrogen-bond acceptors (Lipinski definition) is 3. The first kappa shape index (κ1) is 14.7. The summed E-state index contributed by atoms with van der Waals surface area (Å²) in [6.45, 7) is 1.45. The number of carbonyl (C=O) groups is 1. The van der Waals surface area contributed by atoms with Crippen molar-refractivity contribution in [1.29, 1.82) is 0 Å². The number of rotatable bonds is 6. The lowest BCUT2D eigenvalue weighted by Crippen LogP contribution is -2.19. The average Bonchev–Trinajstić information content (AvgIpc) is 2.28. The van der Waals surface area contributed by atoms with Crippen molar-refractivity contribution < 1.29 is 14.6 Å². The van der Waals surface area contributed by atoms with Crippen LogP contribution in [0, 0.1) is 0 Å². The molecule has 0 amide bonds. The Labute approximate surface area is 115 Å². The minimum Gasteiger partial charge on any atom is -0.491 e. The van der Waals surface area contributed by atoms with Crippen molar-refractivity contribution in [2.45, 2.75) is 0 Å². The number of aliphatic carboxylic acids is 1. The standard InChI is InChI=1S/C13H16BrNO3/c1-15(2)7-8-18-12-5-3-10(9-11(12)14)4-6-13(16)17/h3-6,9H,7-8H2,1-2H3,(H,16,17). The monoisotopic (exact) mass is 313 g/mol. The summed E-state index contributed by atoms with van der Waals surface area (Å²) < 4.78 is 6.41. The van der Waals surface area contributed by atoms with Crippen LogP contribution in [0.4, 0.5) is 0 Å². The molecule has 0 aliphatic carbocycles. The minimum atomic E-state index is -0.961. The van der Waals surface area contributed by atoms with Gasteiger partial charge in [0.2, 0.25) is 0 Å². The molecule has 1 aromatic rings. The maximum absolute atomic E-state index is 10.4. The van der Waals surface area contributed by atoms with Gasteiger partial charge >= 0.3 is 5.97 Å². The van der Waals surface area contributed by atoms with Gasteiger partial charge in [0.15, 0.2) is 0 Å². The van der Waals surface area contributed by atoms with E-state index in [0.717, 1.165) is 28.4 Å². The summed E-state index contributed by atoms with van der Waals surface area (Å²) in [6.07, 6.45) is 2.64. The zero-order valence-electron chi connectivity index (χ0n) is 10.4. The Bertz CT molecular complexity index is 444. The normalized spacial score (nSPS) is 11.1. The third-order valence-corrected chi connectivity index (χ3v) is 2.79. The molecule has 18 heavy (non-hydrogen) atoms. The van der Waals surface area contributed by atoms with Crippen LogP contribution < -0.4 is 4.74 Å².